The van der Waals surface area contributed by atoms with Crippen molar-refractivity contribution in [3.8, 4) is 11.5 Å². The highest BCUT2D eigenvalue weighted by molar-refractivity contribution is 5.40. The zero-order chi connectivity index (χ0) is 13.5. The van der Waals surface area contributed by atoms with Gasteiger partial charge in [-0.05, 0) is 50.9 Å². The summed E-state index contributed by atoms with van der Waals surface area (Å²) in [6, 6.07) is 6.07. The second-order valence-corrected chi connectivity index (χ2v) is 5.24. The minimum atomic E-state index is 0.381. The van der Waals surface area contributed by atoms with Crippen molar-refractivity contribution in [3.63, 3.8) is 0 Å². The van der Waals surface area contributed by atoms with Gasteiger partial charge in [0.25, 0.3) is 0 Å². The van der Waals surface area contributed by atoms with Gasteiger partial charge in [-0.1, -0.05) is 12.8 Å². The lowest BCUT2D eigenvalue weighted by atomic mass is 10.1. The van der Waals surface area contributed by atoms with Gasteiger partial charge in [0.2, 0.25) is 0 Å². The Morgan fingerprint density at radius 3 is 2.53 bits per heavy atom. The van der Waals surface area contributed by atoms with Crippen LogP contribution in [0.5, 0.6) is 11.5 Å². The van der Waals surface area contributed by atoms with Gasteiger partial charge in [-0.15, -0.1) is 0 Å². The van der Waals surface area contributed by atoms with Crippen molar-refractivity contribution in [1.29, 1.82) is 0 Å². The Morgan fingerprint density at radius 1 is 1.16 bits per heavy atom. The molecule has 0 heterocycles. The normalized spacial score (nSPS) is 16.9. The van der Waals surface area contributed by atoms with Crippen LogP contribution in [0.15, 0.2) is 18.2 Å². The van der Waals surface area contributed by atoms with E-state index in [0.717, 1.165) is 18.0 Å². The van der Waals surface area contributed by atoms with E-state index in [2.05, 4.69) is 11.4 Å². The van der Waals surface area contributed by atoms with Gasteiger partial charge < -0.3 is 14.8 Å². The number of benzene rings is 1. The van der Waals surface area contributed by atoms with E-state index >= 15 is 0 Å². The molecule has 0 saturated heterocycles. The van der Waals surface area contributed by atoms with Gasteiger partial charge >= 0.3 is 0 Å². The Hall–Kier alpha value is -1.22. The van der Waals surface area contributed by atoms with Crippen molar-refractivity contribution in [2.45, 2.75) is 51.2 Å². The predicted molar refractivity (Wildman–Crippen MR) is 77.9 cm³/mol. The summed E-state index contributed by atoms with van der Waals surface area (Å²) in [5.41, 5.74) is 1.17. The molecule has 0 bridgehead atoms. The van der Waals surface area contributed by atoms with Gasteiger partial charge in [0.15, 0.2) is 0 Å². The Morgan fingerprint density at radius 2 is 1.89 bits per heavy atom. The summed E-state index contributed by atoms with van der Waals surface area (Å²) in [5.74, 6) is 1.89. The van der Waals surface area contributed by atoms with Crippen LogP contribution < -0.4 is 14.8 Å². The molecule has 0 atom stereocenters. The van der Waals surface area contributed by atoms with Crippen molar-refractivity contribution in [2.24, 2.45) is 0 Å². The van der Waals surface area contributed by atoms with Crippen molar-refractivity contribution in [1.82, 2.24) is 5.32 Å². The molecule has 1 aliphatic carbocycles. The van der Waals surface area contributed by atoms with Gasteiger partial charge in [-0.25, -0.2) is 0 Å². The van der Waals surface area contributed by atoms with E-state index in [1.807, 2.05) is 19.2 Å². The molecular weight excluding hydrogens is 238 g/mol. The summed E-state index contributed by atoms with van der Waals surface area (Å²) >= 11 is 0. The van der Waals surface area contributed by atoms with Gasteiger partial charge in [-0.3, -0.25) is 0 Å². The molecule has 19 heavy (non-hydrogen) atoms. The van der Waals surface area contributed by atoms with Crippen LogP contribution in [-0.2, 0) is 6.54 Å². The molecule has 106 valence electrons. The lowest BCUT2D eigenvalue weighted by Gasteiger charge is -2.20. The molecule has 2 rings (SSSR count). The second-order valence-electron chi connectivity index (χ2n) is 5.24. The minimum absolute atomic E-state index is 0.381. The first-order valence-electron chi connectivity index (χ1n) is 7.31. The number of nitrogens with one attached hydrogen (secondary N) is 1. The average Bonchev–Trinajstić information content (AvgIpc) is 2.69. The van der Waals surface area contributed by atoms with Crippen LogP contribution >= 0.6 is 0 Å². The smallest absolute Gasteiger partial charge is 0.124 e. The molecule has 1 aliphatic rings. The third-order valence-electron chi connectivity index (χ3n) is 3.73. The van der Waals surface area contributed by atoms with Crippen LogP contribution in [0, 0.1) is 0 Å². The average molecular weight is 263 g/mol. The summed E-state index contributed by atoms with van der Waals surface area (Å²) in [6.07, 6.45) is 8.05. The molecule has 0 radical (unpaired) electrons. The molecule has 3 nitrogen and oxygen atoms in total. The molecule has 0 aromatic heterocycles. The number of methoxy groups -OCH3 is 1. The molecule has 1 N–H and O–H groups in total. The SMILES string of the molecule is CNCc1cc(OC)ccc1OC1CCCCCC1. The van der Waals surface area contributed by atoms with E-state index in [1.165, 1.54) is 44.1 Å². The zero-order valence-electron chi connectivity index (χ0n) is 12.1. The van der Waals surface area contributed by atoms with Gasteiger partial charge in [0.05, 0.1) is 13.2 Å². The quantitative estimate of drug-likeness (QED) is 0.825. The van der Waals surface area contributed by atoms with Crippen molar-refractivity contribution in [3.05, 3.63) is 23.8 Å². The van der Waals surface area contributed by atoms with Crippen LogP contribution in [-0.4, -0.2) is 20.3 Å². The molecule has 0 amide bonds. The van der Waals surface area contributed by atoms with Gasteiger partial charge in [-0.2, -0.15) is 0 Å². The summed E-state index contributed by atoms with van der Waals surface area (Å²) < 4.78 is 11.5. The fourth-order valence-electron chi connectivity index (χ4n) is 2.67. The van der Waals surface area contributed by atoms with E-state index in [1.54, 1.807) is 7.11 Å². The highest BCUT2D eigenvalue weighted by atomic mass is 16.5. The maximum Gasteiger partial charge on any atom is 0.124 e. The molecule has 1 aromatic carbocycles. The molecule has 0 spiro atoms. The Kier molecular flexibility index (Phi) is 5.52. The van der Waals surface area contributed by atoms with Crippen LogP contribution in [0.2, 0.25) is 0 Å². The van der Waals surface area contributed by atoms with E-state index in [4.69, 9.17) is 9.47 Å². The van der Waals surface area contributed by atoms with Crippen LogP contribution in [0.4, 0.5) is 0 Å². The van der Waals surface area contributed by atoms with Crippen molar-refractivity contribution < 1.29 is 9.47 Å². The number of rotatable bonds is 5. The van der Waals surface area contributed by atoms with E-state index < -0.39 is 0 Å². The first-order valence-corrected chi connectivity index (χ1v) is 7.31. The third-order valence-corrected chi connectivity index (χ3v) is 3.73. The Labute approximate surface area is 116 Å². The third kappa shape index (κ3) is 4.13. The van der Waals surface area contributed by atoms with Gasteiger partial charge in [0.1, 0.15) is 11.5 Å². The zero-order valence-corrected chi connectivity index (χ0v) is 12.1. The van der Waals surface area contributed by atoms with E-state index in [0.29, 0.717) is 6.10 Å². The molecule has 3 heteroatoms. The lowest BCUT2D eigenvalue weighted by Crippen LogP contribution is -2.17. The highest BCUT2D eigenvalue weighted by Gasteiger charge is 2.15. The number of hydrogen-bond acceptors (Lipinski definition) is 3. The van der Waals surface area contributed by atoms with Gasteiger partial charge in [0, 0.05) is 12.1 Å². The minimum Gasteiger partial charge on any atom is -0.497 e. The monoisotopic (exact) mass is 263 g/mol. The highest BCUT2D eigenvalue weighted by Crippen LogP contribution is 2.28. The van der Waals surface area contributed by atoms with Crippen LogP contribution in [0.1, 0.15) is 44.1 Å². The van der Waals surface area contributed by atoms with Crippen LogP contribution in [0.25, 0.3) is 0 Å². The summed E-state index contributed by atoms with van der Waals surface area (Å²) in [6.45, 7) is 0.805. The molecule has 0 unspecified atom stereocenters. The fraction of sp³-hybridized carbons (Fsp3) is 0.625. The predicted octanol–water partition coefficient (Wildman–Crippen LogP) is 3.52. The summed E-state index contributed by atoms with van der Waals surface area (Å²) in [5, 5.41) is 3.19. The maximum absolute atomic E-state index is 6.22. The second kappa shape index (κ2) is 7.39. The number of ether oxygens (including phenoxy) is 2. The van der Waals surface area contributed by atoms with Crippen molar-refractivity contribution >= 4 is 0 Å². The van der Waals surface area contributed by atoms with Crippen LogP contribution in [0.3, 0.4) is 0 Å². The Bertz CT molecular complexity index is 384. The summed E-state index contributed by atoms with van der Waals surface area (Å²) in [7, 11) is 3.65. The fourth-order valence-corrected chi connectivity index (χ4v) is 2.67. The van der Waals surface area contributed by atoms with E-state index in [-0.39, 0.29) is 0 Å². The molecule has 0 aliphatic heterocycles. The molecular formula is C16H25NO2. The molecule has 1 saturated carbocycles. The topological polar surface area (TPSA) is 30.5 Å². The lowest BCUT2D eigenvalue weighted by molar-refractivity contribution is 0.181. The Balaban J connectivity index is 2.08. The first kappa shape index (κ1) is 14.2. The maximum atomic E-state index is 6.22. The molecule has 1 aromatic rings. The first-order chi connectivity index (χ1) is 9.33. The van der Waals surface area contributed by atoms with Crippen molar-refractivity contribution in [2.75, 3.05) is 14.2 Å². The number of hydrogen-bond donors (Lipinski definition) is 1. The van der Waals surface area contributed by atoms with E-state index in [9.17, 15) is 0 Å². The standard InChI is InChI=1S/C16H25NO2/c1-17-12-13-11-15(18-2)9-10-16(13)19-14-7-5-3-4-6-8-14/h9-11,14,17H,3-8,12H2,1-2H3. The largest absolute Gasteiger partial charge is 0.497 e. The summed E-state index contributed by atoms with van der Waals surface area (Å²) in [4.78, 5) is 0. The molecule has 1 fully saturated rings.